The molecule has 0 heterocycles. The van der Waals surface area contributed by atoms with Gasteiger partial charge in [0.1, 0.15) is 11.5 Å². The van der Waals surface area contributed by atoms with Crippen molar-refractivity contribution < 1.29 is 31.8 Å². The first-order chi connectivity index (χ1) is 9.28. The van der Waals surface area contributed by atoms with Crippen LogP contribution in [0.2, 0.25) is 0 Å². The van der Waals surface area contributed by atoms with Crippen LogP contribution in [0.15, 0.2) is 36.4 Å². The van der Waals surface area contributed by atoms with Crippen molar-refractivity contribution in [3.8, 4) is 22.6 Å². The van der Waals surface area contributed by atoms with E-state index < -0.39 is 29.5 Å². The monoisotopic (exact) mass is 290 g/mol. The fourth-order valence-electron chi connectivity index (χ4n) is 1.65. The number of phenols is 1. The second-order valence-electron chi connectivity index (χ2n) is 3.83. The Morgan fingerprint density at radius 1 is 0.900 bits per heavy atom. The smallest absolute Gasteiger partial charge is 0.507 e. The van der Waals surface area contributed by atoms with E-state index in [4.69, 9.17) is 0 Å². The fourth-order valence-corrected chi connectivity index (χ4v) is 1.65. The molecule has 106 valence electrons. The molecule has 0 saturated carbocycles. The summed E-state index contributed by atoms with van der Waals surface area (Å²) in [4.78, 5) is 0. The summed E-state index contributed by atoms with van der Waals surface area (Å²) < 4.78 is 66.6. The zero-order valence-corrected chi connectivity index (χ0v) is 9.71. The largest absolute Gasteiger partial charge is 0.573 e. The highest BCUT2D eigenvalue weighted by molar-refractivity contribution is 5.75. The predicted octanol–water partition coefficient (Wildman–Crippen LogP) is 4.24. The third kappa shape index (κ3) is 2.98. The molecule has 2 aromatic carbocycles. The molecule has 2 nitrogen and oxygen atoms in total. The van der Waals surface area contributed by atoms with E-state index >= 15 is 0 Å². The van der Waals surface area contributed by atoms with Crippen molar-refractivity contribution in [3.63, 3.8) is 0 Å². The molecule has 0 aliphatic carbocycles. The quantitative estimate of drug-likeness (QED) is 0.838. The molecule has 0 atom stereocenters. The zero-order chi connectivity index (χ0) is 14.9. The lowest BCUT2D eigenvalue weighted by molar-refractivity contribution is -0.274. The summed E-state index contributed by atoms with van der Waals surface area (Å²) >= 11 is 0. The maximum Gasteiger partial charge on any atom is 0.573 e. The average molecular weight is 290 g/mol. The molecule has 0 amide bonds. The summed E-state index contributed by atoms with van der Waals surface area (Å²) in [5.74, 6) is -3.91. The van der Waals surface area contributed by atoms with Gasteiger partial charge in [0.05, 0.1) is 0 Å². The number of ether oxygens (including phenoxy) is 1. The van der Waals surface area contributed by atoms with Crippen LogP contribution in [0.5, 0.6) is 11.5 Å². The van der Waals surface area contributed by atoms with Crippen LogP contribution in [0.4, 0.5) is 22.0 Å². The van der Waals surface area contributed by atoms with Gasteiger partial charge in [-0.05, 0) is 12.1 Å². The number of benzene rings is 2. The molecule has 0 aliphatic heterocycles. The Morgan fingerprint density at radius 3 is 2.15 bits per heavy atom. The van der Waals surface area contributed by atoms with Gasteiger partial charge in [0, 0.05) is 17.2 Å². The van der Waals surface area contributed by atoms with Gasteiger partial charge in [0.15, 0.2) is 11.6 Å². The molecule has 0 fully saturated rings. The Bertz CT molecular complexity index is 637. The van der Waals surface area contributed by atoms with Crippen LogP contribution in [0.25, 0.3) is 11.1 Å². The number of alkyl halides is 3. The van der Waals surface area contributed by atoms with Gasteiger partial charge in [-0.2, -0.15) is 0 Å². The second kappa shape index (κ2) is 4.99. The van der Waals surface area contributed by atoms with Gasteiger partial charge < -0.3 is 9.84 Å². The van der Waals surface area contributed by atoms with Crippen molar-refractivity contribution in [2.75, 3.05) is 0 Å². The molecule has 0 spiro atoms. The van der Waals surface area contributed by atoms with Crippen LogP contribution < -0.4 is 4.74 Å². The van der Waals surface area contributed by atoms with Crippen molar-refractivity contribution in [1.29, 1.82) is 0 Å². The number of aromatic hydroxyl groups is 1. The van der Waals surface area contributed by atoms with E-state index in [2.05, 4.69) is 4.74 Å². The lowest BCUT2D eigenvalue weighted by atomic mass is 10.0. The SMILES string of the molecule is Oc1cc(F)c(F)cc1-c1ccccc1OC(F)(F)F. The highest BCUT2D eigenvalue weighted by Gasteiger charge is 2.32. The van der Waals surface area contributed by atoms with E-state index in [0.29, 0.717) is 12.1 Å². The number of rotatable bonds is 2. The minimum atomic E-state index is -4.94. The molecule has 0 unspecified atom stereocenters. The van der Waals surface area contributed by atoms with Gasteiger partial charge in [0.2, 0.25) is 0 Å². The maximum absolute atomic E-state index is 13.2. The van der Waals surface area contributed by atoms with Crippen molar-refractivity contribution in [2.24, 2.45) is 0 Å². The highest BCUT2D eigenvalue weighted by atomic mass is 19.4. The molecule has 0 saturated heterocycles. The third-order valence-electron chi connectivity index (χ3n) is 2.44. The van der Waals surface area contributed by atoms with E-state index in [1.807, 2.05) is 0 Å². The van der Waals surface area contributed by atoms with E-state index in [1.165, 1.54) is 18.2 Å². The minimum absolute atomic E-state index is 0.207. The van der Waals surface area contributed by atoms with Crippen molar-refractivity contribution in [2.45, 2.75) is 6.36 Å². The van der Waals surface area contributed by atoms with Crippen molar-refractivity contribution >= 4 is 0 Å². The number of phenolic OH excluding ortho intramolecular Hbond substituents is 1. The van der Waals surface area contributed by atoms with Crippen LogP contribution in [-0.4, -0.2) is 11.5 Å². The van der Waals surface area contributed by atoms with Gasteiger partial charge in [-0.1, -0.05) is 18.2 Å². The topological polar surface area (TPSA) is 29.5 Å². The summed E-state index contributed by atoms with van der Waals surface area (Å²) in [5.41, 5.74) is -0.509. The first-order valence-electron chi connectivity index (χ1n) is 5.31. The summed E-state index contributed by atoms with van der Waals surface area (Å²) in [6, 6.07) is 5.93. The molecule has 0 bridgehead atoms. The van der Waals surface area contributed by atoms with Crippen LogP contribution in [0.1, 0.15) is 0 Å². The van der Waals surface area contributed by atoms with E-state index in [9.17, 15) is 27.1 Å². The van der Waals surface area contributed by atoms with Gasteiger partial charge in [-0.15, -0.1) is 13.2 Å². The van der Waals surface area contributed by atoms with Gasteiger partial charge in [0.25, 0.3) is 0 Å². The molecule has 7 heteroatoms. The Hall–Kier alpha value is -2.31. The molecular weight excluding hydrogens is 283 g/mol. The van der Waals surface area contributed by atoms with Crippen molar-refractivity contribution in [3.05, 3.63) is 48.0 Å². The zero-order valence-electron chi connectivity index (χ0n) is 9.71. The fraction of sp³-hybridized carbons (Fsp3) is 0.0769. The summed E-state index contributed by atoms with van der Waals surface area (Å²) in [5, 5.41) is 9.55. The third-order valence-corrected chi connectivity index (χ3v) is 2.44. The molecule has 2 aromatic rings. The molecule has 0 radical (unpaired) electrons. The minimum Gasteiger partial charge on any atom is -0.507 e. The Balaban J connectivity index is 2.56. The Morgan fingerprint density at radius 2 is 1.50 bits per heavy atom. The standard InChI is InChI=1S/C13H7F5O2/c14-9-5-8(11(19)6-10(9)15)7-3-1-2-4-12(7)20-13(16,17)18/h1-6,19H. The van der Waals surface area contributed by atoms with Crippen LogP contribution in [-0.2, 0) is 0 Å². The summed E-state index contributed by atoms with van der Waals surface area (Å²) in [6.45, 7) is 0. The number of hydrogen-bond donors (Lipinski definition) is 1. The predicted molar refractivity (Wildman–Crippen MR) is 60.1 cm³/mol. The first kappa shape index (κ1) is 14.1. The van der Waals surface area contributed by atoms with Gasteiger partial charge in [-0.3, -0.25) is 0 Å². The van der Waals surface area contributed by atoms with Crippen molar-refractivity contribution in [1.82, 2.24) is 0 Å². The molecular formula is C13H7F5O2. The average Bonchev–Trinajstić information content (AvgIpc) is 2.33. The molecule has 0 aromatic heterocycles. The summed E-state index contributed by atoms with van der Waals surface area (Å²) in [6.07, 6.45) is -4.94. The number of hydrogen-bond acceptors (Lipinski definition) is 2. The number of halogens is 5. The maximum atomic E-state index is 13.2. The van der Waals surface area contributed by atoms with Crippen LogP contribution >= 0.6 is 0 Å². The summed E-state index contributed by atoms with van der Waals surface area (Å²) in [7, 11) is 0. The highest BCUT2D eigenvalue weighted by Crippen LogP contribution is 2.38. The van der Waals surface area contributed by atoms with E-state index in [-0.39, 0.29) is 11.1 Å². The first-order valence-corrected chi connectivity index (χ1v) is 5.31. The Kier molecular flexibility index (Phi) is 3.52. The van der Waals surface area contributed by atoms with Gasteiger partial charge in [-0.25, -0.2) is 8.78 Å². The Labute approximate surface area is 110 Å². The molecule has 20 heavy (non-hydrogen) atoms. The normalized spacial score (nSPS) is 11.4. The second-order valence-corrected chi connectivity index (χ2v) is 3.83. The lowest BCUT2D eigenvalue weighted by Gasteiger charge is -2.14. The molecule has 2 rings (SSSR count). The van der Waals surface area contributed by atoms with Gasteiger partial charge >= 0.3 is 6.36 Å². The van der Waals surface area contributed by atoms with Crippen LogP contribution in [0, 0.1) is 11.6 Å². The molecule has 1 N–H and O–H groups in total. The van der Waals surface area contributed by atoms with E-state index in [1.54, 1.807) is 0 Å². The van der Waals surface area contributed by atoms with E-state index in [0.717, 1.165) is 6.07 Å². The number of para-hydroxylation sites is 1. The van der Waals surface area contributed by atoms with Crippen LogP contribution in [0.3, 0.4) is 0 Å². The lowest BCUT2D eigenvalue weighted by Crippen LogP contribution is -2.17. The molecule has 0 aliphatic rings.